The Morgan fingerprint density at radius 2 is 1.85 bits per heavy atom. The van der Waals surface area contributed by atoms with Crippen molar-refractivity contribution in [1.82, 2.24) is 9.80 Å². The van der Waals surface area contributed by atoms with Gasteiger partial charge in [-0.25, -0.2) is 0 Å². The molecule has 0 spiro atoms. The molecule has 6 heteroatoms. The van der Waals surface area contributed by atoms with E-state index in [0.717, 1.165) is 5.56 Å². The summed E-state index contributed by atoms with van der Waals surface area (Å²) in [5.74, 6) is 0.0403. The molecule has 1 saturated heterocycles. The minimum Gasteiger partial charge on any atom is -0.472 e. The van der Waals surface area contributed by atoms with Crippen molar-refractivity contribution < 1.29 is 14.0 Å². The zero-order valence-corrected chi connectivity index (χ0v) is 15.8. The largest absolute Gasteiger partial charge is 0.472 e. The van der Waals surface area contributed by atoms with Crippen LogP contribution < -0.4 is 0 Å². The quantitative estimate of drug-likeness (QED) is 0.812. The van der Waals surface area contributed by atoms with E-state index in [1.54, 1.807) is 15.9 Å². The molecule has 2 heterocycles. The number of carbonyl (C=O) groups is 2. The van der Waals surface area contributed by atoms with E-state index in [0.29, 0.717) is 36.5 Å². The SMILES string of the molecule is CC(c1ccc(Cl)cc1)N(C)C(=O)C1CCN(C(=O)c2ccoc2)CC1. The lowest BCUT2D eigenvalue weighted by atomic mass is 9.94. The Morgan fingerprint density at radius 1 is 1.19 bits per heavy atom. The first-order chi connectivity index (χ1) is 12.5. The van der Waals surface area contributed by atoms with Gasteiger partial charge in [0.25, 0.3) is 5.91 Å². The van der Waals surface area contributed by atoms with Crippen LogP contribution >= 0.6 is 11.6 Å². The molecule has 0 bridgehead atoms. The third kappa shape index (κ3) is 3.93. The molecule has 1 unspecified atom stereocenters. The topological polar surface area (TPSA) is 53.8 Å². The molecule has 1 aliphatic rings. The zero-order chi connectivity index (χ0) is 18.7. The van der Waals surface area contributed by atoms with Crippen LogP contribution in [0.1, 0.15) is 41.7 Å². The van der Waals surface area contributed by atoms with Gasteiger partial charge >= 0.3 is 0 Å². The summed E-state index contributed by atoms with van der Waals surface area (Å²) in [6.45, 7) is 3.19. The number of likely N-dealkylation sites (tertiary alicyclic amines) is 1. The Labute approximate surface area is 158 Å². The van der Waals surface area contributed by atoms with Crippen molar-refractivity contribution in [2.45, 2.75) is 25.8 Å². The molecule has 1 aromatic heterocycles. The van der Waals surface area contributed by atoms with E-state index in [1.165, 1.54) is 12.5 Å². The summed E-state index contributed by atoms with van der Waals surface area (Å²) in [7, 11) is 1.84. The third-order valence-corrected chi connectivity index (χ3v) is 5.43. The average molecular weight is 375 g/mol. The van der Waals surface area contributed by atoms with Gasteiger partial charge in [0.1, 0.15) is 6.26 Å². The first kappa shape index (κ1) is 18.5. The second kappa shape index (κ2) is 7.96. The number of hydrogen-bond acceptors (Lipinski definition) is 3. The van der Waals surface area contributed by atoms with Gasteiger partial charge in [0.2, 0.25) is 5.91 Å². The van der Waals surface area contributed by atoms with Crippen LogP contribution in [0.15, 0.2) is 47.3 Å². The molecule has 2 aromatic rings. The first-order valence-electron chi connectivity index (χ1n) is 8.81. The van der Waals surface area contributed by atoms with Crippen LogP contribution in [0.5, 0.6) is 0 Å². The predicted octanol–water partition coefficient (Wildman–Crippen LogP) is 4.00. The number of benzene rings is 1. The van der Waals surface area contributed by atoms with Gasteiger partial charge in [-0.15, -0.1) is 0 Å². The second-order valence-electron chi connectivity index (χ2n) is 6.76. The molecule has 1 aromatic carbocycles. The van der Waals surface area contributed by atoms with Gasteiger partial charge in [0.15, 0.2) is 0 Å². The molecule has 138 valence electrons. The number of carbonyl (C=O) groups excluding carboxylic acids is 2. The normalized spacial score (nSPS) is 16.3. The Morgan fingerprint density at radius 3 is 2.42 bits per heavy atom. The lowest BCUT2D eigenvalue weighted by Gasteiger charge is -2.35. The number of piperidine rings is 1. The average Bonchev–Trinajstić information content (AvgIpc) is 3.21. The molecule has 5 nitrogen and oxygen atoms in total. The fourth-order valence-electron chi connectivity index (χ4n) is 3.34. The van der Waals surface area contributed by atoms with Crippen LogP contribution in [0.25, 0.3) is 0 Å². The van der Waals surface area contributed by atoms with Gasteiger partial charge in [-0.05, 0) is 43.5 Å². The first-order valence-corrected chi connectivity index (χ1v) is 9.18. The zero-order valence-electron chi connectivity index (χ0n) is 15.0. The van der Waals surface area contributed by atoms with Crippen molar-refractivity contribution in [2.24, 2.45) is 5.92 Å². The number of furan rings is 1. The maximum Gasteiger partial charge on any atom is 0.257 e. The molecular formula is C20H23ClN2O3. The molecule has 0 aliphatic carbocycles. The van der Waals surface area contributed by atoms with Gasteiger partial charge in [-0.1, -0.05) is 23.7 Å². The van der Waals surface area contributed by atoms with Crippen molar-refractivity contribution in [3.8, 4) is 0 Å². The highest BCUT2D eigenvalue weighted by Gasteiger charge is 2.31. The summed E-state index contributed by atoms with van der Waals surface area (Å²) in [5.41, 5.74) is 1.61. The monoisotopic (exact) mass is 374 g/mol. The Hall–Kier alpha value is -2.27. The van der Waals surface area contributed by atoms with Crippen molar-refractivity contribution in [1.29, 1.82) is 0 Å². The van der Waals surface area contributed by atoms with Gasteiger partial charge in [0.05, 0.1) is 17.9 Å². The Kier molecular flexibility index (Phi) is 5.67. The van der Waals surface area contributed by atoms with Gasteiger partial charge in [-0.2, -0.15) is 0 Å². The lowest BCUT2D eigenvalue weighted by molar-refractivity contribution is -0.137. The van der Waals surface area contributed by atoms with Crippen molar-refractivity contribution in [3.63, 3.8) is 0 Å². The van der Waals surface area contributed by atoms with Crippen LogP contribution in [-0.4, -0.2) is 41.8 Å². The van der Waals surface area contributed by atoms with Gasteiger partial charge < -0.3 is 14.2 Å². The van der Waals surface area contributed by atoms with Crippen molar-refractivity contribution in [3.05, 3.63) is 59.0 Å². The summed E-state index contributed by atoms with van der Waals surface area (Å²) in [6, 6.07) is 9.22. The molecule has 2 amide bonds. The second-order valence-corrected chi connectivity index (χ2v) is 7.19. The van der Waals surface area contributed by atoms with E-state index in [4.69, 9.17) is 16.0 Å². The van der Waals surface area contributed by atoms with E-state index < -0.39 is 0 Å². The van der Waals surface area contributed by atoms with Gasteiger partial charge in [-0.3, -0.25) is 9.59 Å². The fraction of sp³-hybridized carbons (Fsp3) is 0.400. The number of nitrogens with zero attached hydrogens (tertiary/aromatic N) is 2. The van der Waals surface area contributed by atoms with Crippen molar-refractivity contribution >= 4 is 23.4 Å². The fourth-order valence-corrected chi connectivity index (χ4v) is 3.47. The van der Waals surface area contributed by atoms with Crippen LogP contribution in [0.3, 0.4) is 0 Å². The van der Waals surface area contributed by atoms with Crippen LogP contribution in [0, 0.1) is 5.92 Å². The van der Waals surface area contributed by atoms with Crippen molar-refractivity contribution in [2.75, 3.05) is 20.1 Å². The summed E-state index contributed by atoms with van der Waals surface area (Å²) in [4.78, 5) is 28.8. The van der Waals surface area contributed by atoms with E-state index in [1.807, 2.05) is 38.2 Å². The summed E-state index contributed by atoms with van der Waals surface area (Å²) < 4.78 is 4.98. The standard InChI is InChI=1S/C20H23ClN2O3/c1-14(15-3-5-18(21)6-4-15)22(2)19(24)16-7-10-23(11-8-16)20(25)17-9-12-26-13-17/h3-6,9,12-14,16H,7-8,10-11H2,1-2H3. The molecular weight excluding hydrogens is 352 g/mol. The highest BCUT2D eigenvalue weighted by molar-refractivity contribution is 6.30. The van der Waals surface area contributed by atoms with Crippen LogP contribution in [-0.2, 0) is 4.79 Å². The summed E-state index contributed by atoms with van der Waals surface area (Å²) >= 11 is 5.94. The minimum absolute atomic E-state index is 0.0228. The molecule has 26 heavy (non-hydrogen) atoms. The van der Waals surface area contributed by atoms with Crippen LogP contribution in [0.2, 0.25) is 5.02 Å². The Bertz CT molecular complexity index is 750. The summed E-state index contributed by atoms with van der Waals surface area (Å²) in [5, 5.41) is 0.685. The predicted molar refractivity (Wildman–Crippen MR) is 100.0 cm³/mol. The van der Waals surface area contributed by atoms with E-state index >= 15 is 0 Å². The molecule has 0 saturated carbocycles. The van der Waals surface area contributed by atoms with E-state index in [9.17, 15) is 9.59 Å². The maximum absolute atomic E-state index is 12.9. The molecule has 0 N–H and O–H groups in total. The van der Waals surface area contributed by atoms with E-state index in [-0.39, 0.29) is 23.8 Å². The number of hydrogen-bond donors (Lipinski definition) is 0. The molecule has 3 rings (SSSR count). The smallest absolute Gasteiger partial charge is 0.257 e. The highest BCUT2D eigenvalue weighted by Crippen LogP contribution is 2.26. The molecule has 0 radical (unpaired) electrons. The lowest BCUT2D eigenvalue weighted by Crippen LogP contribution is -2.43. The maximum atomic E-state index is 12.9. The Balaban J connectivity index is 1.57. The molecule has 1 aliphatic heterocycles. The number of halogens is 1. The van der Waals surface area contributed by atoms with Crippen LogP contribution in [0.4, 0.5) is 0 Å². The summed E-state index contributed by atoms with van der Waals surface area (Å²) in [6.07, 6.45) is 4.32. The van der Waals surface area contributed by atoms with E-state index in [2.05, 4.69) is 0 Å². The number of rotatable bonds is 4. The molecule has 1 fully saturated rings. The highest BCUT2D eigenvalue weighted by atomic mass is 35.5. The third-order valence-electron chi connectivity index (χ3n) is 5.18. The molecule has 1 atom stereocenters. The van der Waals surface area contributed by atoms with Gasteiger partial charge in [0, 0.05) is 31.1 Å². The minimum atomic E-state index is -0.0526. The number of amides is 2.